The third-order valence-corrected chi connectivity index (χ3v) is 2.30. The minimum absolute atomic E-state index is 0.160. The fourth-order valence-corrected chi connectivity index (χ4v) is 1.41. The summed E-state index contributed by atoms with van der Waals surface area (Å²) in [6.07, 6.45) is 3.14. The summed E-state index contributed by atoms with van der Waals surface area (Å²) in [4.78, 5) is 13.2. The van der Waals surface area contributed by atoms with Crippen molar-refractivity contribution < 1.29 is 18.3 Å². The van der Waals surface area contributed by atoms with E-state index >= 15 is 0 Å². The fraction of sp³-hybridized carbons (Fsp3) is 0.214. The van der Waals surface area contributed by atoms with E-state index in [0.717, 1.165) is 12.1 Å². The quantitative estimate of drug-likeness (QED) is 0.710. The van der Waals surface area contributed by atoms with Crippen LogP contribution < -0.4 is 4.74 Å². The Balaban J connectivity index is 2.61. The molecule has 3 nitrogen and oxygen atoms in total. The van der Waals surface area contributed by atoms with E-state index in [1.165, 1.54) is 4.90 Å². The van der Waals surface area contributed by atoms with Crippen LogP contribution in [-0.2, 0) is 4.79 Å². The number of halogens is 2. The highest BCUT2D eigenvalue weighted by atomic mass is 19.1. The molecule has 5 heteroatoms. The van der Waals surface area contributed by atoms with Gasteiger partial charge in [-0.1, -0.05) is 12.2 Å². The first-order chi connectivity index (χ1) is 9.08. The van der Waals surface area contributed by atoms with E-state index in [-0.39, 0.29) is 18.3 Å². The number of rotatable bonds is 7. The Bertz CT molecular complexity index is 465. The molecule has 0 aliphatic heterocycles. The molecule has 0 saturated carbocycles. The first-order valence-corrected chi connectivity index (χ1v) is 5.66. The average Bonchev–Trinajstić information content (AvgIpc) is 2.37. The summed E-state index contributed by atoms with van der Waals surface area (Å²) in [6, 6.07) is 2.91. The van der Waals surface area contributed by atoms with Crippen molar-refractivity contribution in [3.8, 4) is 5.75 Å². The number of benzene rings is 1. The second-order valence-electron chi connectivity index (χ2n) is 3.74. The number of amides is 1. The van der Waals surface area contributed by atoms with Crippen molar-refractivity contribution >= 4 is 5.91 Å². The Hall–Kier alpha value is -2.17. The van der Waals surface area contributed by atoms with Gasteiger partial charge in [0.1, 0.15) is 5.82 Å². The maximum atomic E-state index is 13.3. The third-order valence-electron chi connectivity index (χ3n) is 2.30. The van der Waals surface area contributed by atoms with E-state index < -0.39 is 11.6 Å². The lowest BCUT2D eigenvalue weighted by atomic mass is 10.3. The van der Waals surface area contributed by atoms with Gasteiger partial charge in [-0.05, 0) is 12.1 Å². The number of carbonyl (C=O) groups excluding carboxylic acids is 1. The highest BCUT2D eigenvalue weighted by molar-refractivity contribution is 5.78. The summed E-state index contributed by atoms with van der Waals surface area (Å²) in [6.45, 7) is 7.44. The second-order valence-corrected chi connectivity index (χ2v) is 3.74. The molecule has 0 heterocycles. The maximum Gasteiger partial charge on any atom is 0.261 e. The van der Waals surface area contributed by atoms with Gasteiger partial charge in [-0.2, -0.15) is 0 Å². The summed E-state index contributed by atoms with van der Waals surface area (Å²) in [5, 5.41) is 0. The zero-order valence-electron chi connectivity index (χ0n) is 10.4. The lowest BCUT2D eigenvalue weighted by Gasteiger charge is -2.19. The minimum atomic E-state index is -0.841. The first kappa shape index (κ1) is 14.9. The number of ether oxygens (including phenoxy) is 1. The summed E-state index contributed by atoms with van der Waals surface area (Å²) in [7, 11) is 0. The van der Waals surface area contributed by atoms with Crippen LogP contribution in [0.25, 0.3) is 0 Å². The Kier molecular flexibility index (Phi) is 5.73. The van der Waals surface area contributed by atoms with Crippen molar-refractivity contribution in [2.45, 2.75) is 0 Å². The van der Waals surface area contributed by atoms with Gasteiger partial charge in [0.05, 0.1) is 0 Å². The molecule has 19 heavy (non-hydrogen) atoms. The van der Waals surface area contributed by atoms with Gasteiger partial charge in [0.2, 0.25) is 0 Å². The molecule has 0 saturated heterocycles. The van der Waals surface area contributed by atoms with E-state index in [1.54, 1.807) is 12.2 Å². The summed E-state index contributed by atoms with van der Waals surface area (Å²) in [5.41, 5.74) is 0. The summed E-state index contributed by atoms with van der Waals surface area (Å²) >= 11 is 0. The molecular weight excluding hydrogens is 252 g/mol. The highest BCUT2D eigenvalue weighted by Gasteiger charge is 2.13. The molecule has 0 aliphatic carbocycles. The van der Waals surface area contributed by atoms with Crippen molar-refractivity contribution in [2.75, 3.05) is 19.7 Å². The van der Waals surface area contributed by atoms with Crippen molar-refractivity contribution in [1.82, 2.24) is 4.90 Å². The van der Waals surface area contributed by atoms with Crippen LogP contribution >= 0.6 is 0 Å². The van der Waals surface area contributed by atoms with E-state index in [9.17, 15) is 13.6 Å². The molecule has 0 aromatic heterocycles. The molecule has 0 radical (unpaired) electrons. The van der Waals surface area contributed by atoms with E-state index in [1.807, 2.05) is 0 Å². The van der Waals surface area contributed by atoms with Crippen LogP contribution in [0.3, 0.4) is 0 Å². The van der Waals surface area contributed by atoms with Crippen LogP contribution in [0.1, 0.15) is 0 Å². The average molecular weight is 267 g/mol. The van der Waals surface area contributed by atoms with Crippen molar-refractivity contribution in [1.29, 1.82) is 0 Å². The van der Waals surface area contributed by atoms with Gasteiger partial charge in [-0.15, -0.1) is 13.2 Å². The van der Waals surface area contributed by atoms with Crippen LogP contribution in [0, 0.1) is 11.6 Å². The summed E-state index contributed by atoms with van der Waals surface area (Å²) < 4.78 is 31.0. The number of hydrogen-bond acceptors (Lipinski definition) is 2. The predicted molar refractivity (Wildman–Crippen MR) is 68.8 cm³/mol. The first-order valence-electron chi connectivity index (χ1n) is 5.66. The molecule has 0 unspecified atom stereocenters. The molecule has 0 aliphatic rings. The molecule has 102 valence electrons. The second kappa shape index (κ2) is 7.31. The Morgan fingerprint density at radius 1 is 1.26 bits per heavy atom. The van der Waals surface area contributed by atoms with E-state index in [4.69, 9.17) is 4.74 Å². The van der Waals surface area contributed by atoms with Crippen LogP contribution in [0.4, 0.5) is 8.78 Å². The van der Waals surface area contributed by atoms with Gasteiger partial charge in [-0.3, -0.25) is 4.79 Å². The summed E-state index contributed by atoms with van der Waals surface area (Å²) in [5.74, 6) is -2.03. The topological polar surface area (TPSA) is 29.5 Å². The normalized spacial score (nSPS) is 9.79. The number of nitrogens with zero attached hydrogens (tertiary/aromatic N) is 1. The Morgan fingerprint density at radius 3 is 2.42 bits per heavy atom. The van der Waals surface area contributed by atoms with Gasteiger partial charge in [0, 0.05) is 19.2 Å². The lowest BCUT2D eigenvalue weighted by Crippen LogP contribution is -2.35. The maximum absolute atomic E-state index is 13.3. The predicted octanol–water partition coefficient (Wildman–Crippen LogP) is 2.54. The lowest BCUT2D eigenvalue weighted by molar-refractivity contribution is -0.132. The molecule has 0 spiro atoms. The van der Waals surface area contributed by atoms with E-state index in [0.29, 0.717) is 19.2 Å². The zero-order valence-corrected chi connectivity index (χ0v) is 10.4. The molecule has 1 amide bonds. The van der Waals surface area contributed by atoms with E-state index in [2.05, 4.69) is 13.2 Å². The standard InChI is InChI=1S/C14H15F2NO2/c1-3-7-17(8-4-2)14(18)10-19-13-6-5-11(15)9-12(13)16/h3-6,9H,1-2,7-8,10H2. The van der Waals surface area contributed by atoms with Crippen LogP contribution in [0.15, 0.2) is 43.5 Å². The molecule has 1 rings (SSSR count). The molecule has 0 bridgehead atoms. The van der Waals surface area contributed by atoms with Gasteiger partial charge >= 0.3 is 0 Å². The largest absolute Gasteiger partial charge is 0.481 e. The SMILES string of the molecule is C=CCN(CC=C)C(=O)COc1ccc(F)cc1F. The third kappa shape index (κ3) is 4.54. The Morgan fingerprint density at radius 2 is 1.89 bits per heavy atom. The molecule has 0 fully saturated rings. The van der Waals surface area contributed by atoms with Gasteiger partial charge in [-0.25, -0.2) is 8.78 Å². The molecule has 0 atom stereocenters. The molecule has 1 aromatic carbocycles. The fourth-order valence-electron chi connectivity index (χ4n) is 1.41. The smallest absolute Gasteiger partial charge is 0.261 e. The van der Waals surface area contributed by atoms with Crippen LogP contribution in [0.2, 0.25) is 0 Å². The highest BCUT2D eigenvalue weighted by Crippen LogP contribution is 2.17. The zero-order chi connectivity index (χ0) is 14.3. The van der Waals surface area contributed by atoms with Crippen molar-refractivity contribution in [2.24, 2.45) is 0 Å². The number of hydrogen-bond donors (Lipinski definition) is 0. The molecular formula is C14H15F2NO2. The monoisotopic (exact) mass is 267 g/mol. The van der Waals surface area contributed by atoms with Crippen LogP contribution in [-0.4, -0.2) is 30.5 Å². The minimum Gasteiger partial charge on any atom is -0.481 e. The van der Waals surface area contributed by atoms with Gasteiger partial charge in [0.25, 0.3) is 5.91 Å². The molecule has 0 N–H and O–H groups in total. The van der Waals surface area contributed by atoms with Crippen LogP contribution in [0.5, 0.6) is 5.75 Å². The molecule has 1 aromatic rings. The number of carbonyl (C=O) groups is 1. The Labute approximate surface area is 110 Å². The van der Waals surface area contributed by atoms with Gasteiger partial charge in [0.15, 0.2) is 18.2 Å². The van der Waals surface area contributed by atoms with Gasteiger partial charge < -0.3 is 9.64 Å². The van der Waals surface area contributed by atoms with Crippen molar-refractivity contribution in [3.05, 3.63) is 55.1 Å². The van der Waals surface area contributed by atoms with Crippen molar-refractivity contribution in [3.63, 3.8) is 0 Å².